The number of carbonyl (C=O) groups excluding carboxylic acids is 2. The molecule has 0 atom stereocenters. The molecule has 0 saturated heterocycles. The molecule has 0 radical (unpaired) electrons. The zero-order valence-corrected chi connectivity index (χ0v) is 16.6. The van der Waals surface area contributed by atoms with Crippen molar-refractivity contribution in [2.75, 3.05) is 17.2 Å². The molecular weight excluding hydrogens is 430 g/mol. The summed E-state index contributed by atoms with van der Waals surface area (Å²) in [5, 5.41) is 4.15. The molecule has 1 aliphatic heterocycles. The van der Waals surface area contributed by atoms with Gasteiger partial charge in [0.25, 0.3) is 5.91 Å². The van der Waals surface area contributed by atoms with E-state index in [1.54, 1.807) is 6.07 Å². The molecule has 0 saturated carbocycles. The van der Waals surface area contributed by atoms with Gasteiger partial charge in [-0.3, -0.25) is 14.3 Å². The minimum absolute atomic E-state index is 0.0648. The summed E-state index contributed by atoms with van der Waals surface area (Å²) in [4.78, 5) is 31.0. The highest BCUT2D eigenvalue weighted by Crippen LogP contribution is 2.35. The highest BCUT2D eigenvalue weighted by molar-refractivity contribution is 6.08. The topological polar surface area (TPSA) is 94.1 Å². The van der Waals surface area contributed by atoms with E-state index in [9.17, 15) is 27.2 Å². The maximum Gasteiger partial charge on any atom is 0.416 e. The predicted molar refractivity (Wildman–Crippen MR) is 107 cm³/mol. The molecule has 3 aromatic rings. The Morgan fingerprint density at radius 1 is 1.16 bits per heavy atom. The second-order valence-electron chi connectivity index (χ2n) is 7.21. The summed E-state index contributed by atoms with van der Waals surface area (Å²) in [6.45, 7) is -0.932. The van der Waals surface area contributed by atoms with Crippen LogP contribution in [0.2, 0.25) is 0 Å². The lowest BCUT2D eigenvalue weighted by Gasteiger charge is -2.29. The van der Waals surface area contributed by atoms with Gasteiger partial charge in [0, 0.05) is 30.4 Å². The molecule has 4 rings (SSSR count). The molecular formula is C21H17F4N5O2. The monoisotopic (exact) mass is 447 g/mol. The number of ketones is 1. The molecule has 166 valence electrons. The summed E-state index contributed by atoms with van der Waals surface area (Å²) in [7, 11) is 0. The standard InChI is InChI=1S/C21H17F4N5O2/c22-10-12-8-14(3-4-16(12)21(23,24)25)29-6-7-30-18(20(29)32)13(11-28-30)9-17(31)15-2-1-5-27-19(15)26/h1-5,8,11H,6-7,9-10H2,(H2,26,27). The van der Waals surface area contributed by atoms with Crippen molar-refractivity contribution in [1.29, 1.82) is 0 Å². The molecule has 0 unspecified atom stereocenters. The Kier molecular flexibility index (Phi) is 5.41. The Balaban J connectivity index is 1.64. The number of carbonyl (C=O) groups is 2. The molecule has 11 heteroatoms. The van der Waals surface area contributed by atoms with Crippen molar-refractivity contribution in [2.45, 2.75) is 25.8 Å². The van der Waals surface area contributed by atoms with Crippen LogP contribution in [0.3, 0.4) is 0 Å². The summed E-state index contributed by atoms with van der Waals surface area (Å²) in [5.74, 6) is -0.833. The average molecular weight is 447 g/mol. The Morgan fingerprint density at radius 2 is 1.94 bits per heavy atom. The lowest BCUT2D eigenvalue weighted by Crippen LogP contribution is -2.41. The van der Waals surface area contributed by atoms with Crippen molar-refractivity contribution in [3.8, 4) is 0 Å². The van der Waals surface area contributed by atoms with Crippen molar-refractivity contribution in [3.05, 3.63) is 70.7 Å². The zero-order chi connectivity index (χ0) is 23.0. The van der Waals surface area contributed by atoms with Gasteiger partial charge in [0.1, 0.15) is 18.2 Å². The number of halogens is 4. The third-order valence-corrected chi connectivity index (χ3v) is 5.24. The molecule has 0 fully saturated rings. The van der Waals surface area contributed by atoms with E-state index < -0.39 is 29.9 Å². The largest absolute Gasteiger partial charge is 0.416 e. The first-order chi connectivity index (χ1) is 15.2. The number of pyridine rings is 1. The number of nitrogens with two attached hydrogens (primary N) is 1. The normalized spacial score (nSPS) is 13.9. The van der Waals surface area contributed by atoms with Crippen LogP contribution in [0.15, 0.2) is 42.7 Å². The van der Waals surface area contributed by atoms with Crippen molar-refractivity contribution in [3.63, 3.8) is 0 Å². The van der Waals surface area contributed by atoms with Gasteiger partial charge in [-0.15, -0.1) is 0 Å². The van der Waals surface area contributed by atoms with E-state index in [1.807, 2.05) is 0 Å². The lowest BCUT2D eigenvalue weighted by atomic mass is 10.0. The van der Waals surface area contributed by atoms with Crippen molar-refractivity contribution in [2.24, 2.45) is 0 Å². The van der Waals surface area contributed by atoms with E-state index in [4.69, 9.17) is 5.73 Å². The van der Waals surface area contributed by atoms with Crippen LogP contribution in [-0.2, 0) is 25.8 Å². The Bertz CT molecular complexity index is 1210. The summed E-state index contributed by atoms with van der Waals surface area (Å²) < 4.78 is 54.0. The first-order valence-corrected chi connectivity index (χ1v) is 9.57. The lowest BCUT2D eigenvalue weighted by molar-refractivity contribution is -0.138. The van der Waals surface area contributed by atoms with Crippen LogP contribution in [0, 0.1) is 0 Å². The molecule has 1 aromatic carbocycles. The highest BCUT2D eigenvalue weighted by atomic mass is 19.4. The number of nitrogen functional groups attached to an aromatic ring is 1. The number of hydrogen-bond acceptors (Lipinski definition) is 5. The maximum absolute atomic E-state index is 13.3. The fraction of sp³-hybridized carbons (Fsp3) is 0.238. The first-order valence-electron chi connectivity index (χ1n) is 9.57. The van der Waals surface area contributed by atoms with Crippen molar-refractivity contribution < 1.29 is 27.2 Å². The van der Waals surface area contributed by atoms with Crippen LogP contribution in [0.5, 0.6) is 0 Å². The number of amides is 1. The molecule has 7 nitrogen and oxygen atoms in total. The van der Waals surface area contributed by atoms with Gasteiger partial charge in [0.15, 0.2) is 5.78 Å². The first kappa shape index (κ1) is 21.5. The van der Waals surface area contributed by atoms with Gasteiger partial charge in [-0.25, -0.2) is 9.37 Å². The minimum atomic E-state index is -4.70. The summed E-state index contributed by atoms with van der Waals surface area (Å²) in [5.41, 5.74) is 4.96. The zero-order valence-electron chi connectivity index (χ0n) is 16.6. The smallest absolute Gasteiger partial charge is 0.383 e. The molecule has 2 aromatic heterocycles. The molecule has 3 heterocycles. The van der Waals surface area contributed by atoms with Crippen molar-refractivity contribution >= 4 is 23.2 Å². The predicted octanol–water partition coefficient (Wildman–Crippen LogP) is 3.43. The fourth-order valence-electron chi connectivity index (χ4n) is 3.70. The maximum atomic E-state index is 13.3. The second kappa shape index (κ2) is 8.06. The number of nitrogens with zero attached hydrogens (tertiary/aromatic N) is 4. The Labute approximate surface area is 179 Å². The number of benzene rings is 1. The van der Waals surface area contributed by atoms with Gasteiger partial charge in [0.05, 0.1) is 23.9 Å². The van der Waals surface area contributed by atoms with E-state index in [-0.39, 0.29) is 48.1 Å². The second-order valence-corrected chi connectivity index (χ2v) is 7.21. The summed E-state index contributed by atoms with van der Waals surface area (Å²) >= 11 is 0. The van der Waals surface area contributed by atoms with Crippen LogP contribution in [0.4, 0.5) is 29.1 Å². The average Bonchev–Trinajstić information content (AvgIpc) is 3.16. The fourth-order valence-corrected chi connectivity index (χ4v) is 3.70. The number of rotatable bonds is 5. The summed E-state index contributed by atoms with van der Waals surface area (Å²) in [6, 6.07) is 6.01. The molecule has 1 aliphatic rings. The molecule has 0 bridgehead atoms. The third kappa shape index (κ3) is 3.81. The van der Waals surface area contributed by atoms with Gasteiger partial charge >= 0.3 is 6.18 Å². The van der Waals surface area contributed by atoms with E-state index in [0.717, 1.165) is 18.2 Å². The SMILES string of the molecule is Nc1ncccc1C(=O)Cc1cnn2c1C(=O)N(c1ccc(C(F)(F)F)c(CF)c1)CC2. The van der Waals surface area contributed by atoms with Gasteiger partial charge < -0.3 is 10.6 Å². The van der Waals surface area contributed by atoms with Gasteiger partial charge in [-0.2, -0.15) is 18.3 Å². The van der Waals surface area contributed by atoms with E-state index in [1.165, 1.54) is 28.0 Å². The Morgan fingerprint density at radius 3 is 2.62 bits per heavy atom. The molecule has 1 amide bonds. The molecule has 0 aliphatic carbocycles. The minimum Gasteiger partial charge on any atom is -0.383 e. The quantitative estimate of drug-likeness (QED) is 0.478. The van der Waals surface area contributed by atoms with Crippen LogP contribution in [0.1, 0.15) is 37.5 Å². The number of fused-ring (bicyclic) bond motifs is 1. The van der Waals surface area contributed by atoms with E-state index >= 15 is 0 Å². The summed E-state index contributed by atoms with van der Waals surface area (Å²) in [6.07, 6.45) is -2.01. The number of anilines is 2. The van der Waals surface area contributed by atoms with Crippen LogP contribution < -0.4 is 10.6 Å². The number of alkyl halides is 4. The van der Waals surface area contributed by atoms with Crippen LogP contribution in [-0.4, -0.2) is 33.0 Å². The van der Waals surface area contributed by atoms with Crippen molar-refractivity contribution in [1.82, 2.24) is 14.8 Å². The van der Waals surface area contributed by atoms with E-state index in [2.05, 4.69) is 10.1 Å². The molecule has 32 heavy (non-hydrogen) atoms. The number of aromatic nitrogens is 3. The van der Waals surface area contributed by atoms with Crippen LogP contribution in [0.25, 0.3) is 0 Å². The van der Waals surface area contributed by atoms with Gasteiger partial charge in [-0.1, -0.05) is 0 Å². The Hall–Kier alpha value is -3.76. The third-order valence-electron chi connectivity index (χ3n) is 5.24. The number of hydrogen-bond donors (Lipinski definition) is 1. The number of Topliss-reactive ketones (excluding diaryl/α,β-unsaturated/α-hetero) is 1. The molecule has 0 spiro atoms. The highest BCUT2D eigenvalue weighted by Gasteiger charge is 2.35. The van der Waals surface area contributed by atoms with Crippen LogP contribution >= 0.6 is 0 Å². The van der Waals surface area contributed by atoms with E-state index in [0.29, 0.717) is 5.56 Å². The van der Waals surface area contributed by atoms with Gasteiger partial charge in [0.2, 0.25) is 0 Å². The molecule has 2 N–H and O–H groups in total. The van der Waals surface area contributed by atoms with Gasteiger partial charge in [-0.05, 0) is 35.9 Å².